The van der Waals surface area contributed by atoms with Crippen molar-refractivity contribution in [3.8, 4) is 57.5 Å². The molecule has 10 aromatic carbocycles. The second kappa shape index (κ2) is 53.5. The second-order valence-electron chi connectivity index (χ2n) is 28.5. The van der Waals surface area contributed by atoms with Crippen molar-refractivity contribution in [1.82, 2.24) is 24.9 Å². The van der Waals surface area contributed by atoms with Crippen molar-refractivity contribution in [3.63, 3.8) is 0 Å². The topological polar surface area (TPSA) is 257 Å². The summed E-state index contributed by atoms with van der Waals surface area (Å²) in [5.41, 5.74) is 2.77. The van der Waals surface area contributed by atoms with Gasteiger partial charge in [0.15, 0.2) is 21.8 Å². The smallest absolute Gasteiger partial charge is 0.662 e. The van der Waals surface area contributed by atoms with Crippen molar-refractivity contribution in [2.24, 2.45) is 20.6 Å². The zero-order chi connectivity index (χ0) is 102. The first-order valence-electron chi connectivity index (χ1n) is 40.2. The van der Waals surface area contributed by atoms with Gasteiger partial charge in [-0.15, -0.1) is 6.58 Å². The number of carbonyl (C=O) groups is 1. The fraction of sp³-hybridized carbons (Fsp3) is 0.134. The molecule has 0 saturated heterocycles. The Balaban J connectivity index is 0.000000191. The molecule has 0 aliphatic carbocycles. The van der Waals surface area contributed by atoms with E-state index in [0.717, 1.165) is 114 Å². The van der Waals surface area contributed by atoms with E-state index in [0.29, 0.717) is 93.0 Å². The number of pyridine rings is 5. The molecule has 8 heterocycles. The molecule has 0 saturated carbocycles. The normalized spacial score (nSPS) is 13.9. The van der Waals surface area contributed by atoms with Crippen LogP contribution in [0.4, 0.5) is 69.7 Å². The van der Waals surface area contributed by atoms with Gasteiger partial charge < -0.3 is 53.5 Å². The zero-order valence-corrected chi connectivity index (χ0v) is 85.5. The summed E-state index contributed by atoms with van der Waals surface area (Å²) in [6.07, 6.45) is -8.43. The van der Waals surface area contributed by atoms with E-state index < -0.39 is 58.7 Å². The molecule has 0 radical (unpaired) electrons. The van der Waals surface area contributed by atoms with Crippen molar-refractivity contribution in [3.05, 3.63) is 347 Å². The number of carbonyl (C=O) groups excluding carboxylic acids is 1. The van der Waals surface area contributed by atoms with Crippen molar-refractivity contribution in [2.75, 3.05) is 6.26 Å². The van der Waals surface area contributed by atoms with Crippen molar-refractivity contribution in [1.29, 1.82) is 0 Å². The molecule has 45 heteroatoms. The van der Waals surface area contributed by atoms with Crippen LogP contribution >= 0.6 is 108 Å². The minimum absolute atomic E-state index is 0. The average Bonchev–Trinajstić information content (AvgIpc) is 1.43. The molecule has 3 aliphatic rings. The number of alkyl halides is 15. The molecule has 1 unspecified atom stereocenters. The predicted molar refractivity (Wildman–Crippen MR) is 523 cm³/mol. The number of ether oxygens (including phenoxy) is 5. The number of aromatic nitrogens is 5. The molecule has 5 aromatic heterocycles. The zero-order valence-electron chi connectivity index (χ0n) is 73.2. The molecule has 21 nitrogen and oxygen atoms in total. The van der Waals surface area contributed by atoms with Crippen LogP contribution in [0.2, 0.25) is 0 Å². The largest absolute Gasteiger partial charge is 1.00 e. The van der Waals surface area contributed by atoms with Gasteiger partial charge >= 0.3 is 60.4 Å². The van der Waals surface area contributed by atoms with Crippen LogP contribution in [0.25, 0.3) is 60.6 Å². The summed E-state index contributed by atoms with van der Waals surface area (Å²) in [7, 11) is 0. The maximum absolute atomic E-state index is 12.9. The summed E-state index contributed by atoms with van der Waals surface area (Å²) in [5, 5.41) is 34.8. The van der Waals surface area contributed by atoms with Gasteiger partial charge in [0.25, 0.3) is 6.47 Å². The van der Waals surface area contributed by atoms with Gasteiger partial charge in [-0.2, -0.15) is 69.7 Å². The van der Waals surface area contributed by atoms with Gasteiger partial charge in [0.2, 0.25) is 0 Å². The van der Waals surface area contributed by atoms with Gasteiger partial charge in [0, 0.05) is 147 Å². The molecular formula is C97H68Br6F16N9NaO12S. The van der Waals surface area contributed by atoms with Gasteiger partial charge in [-0.3, -0.25) is 29.7 Å². The third kappa shape index (κ3) is 33.9. The fourth-order valence-corrected chi connectivity index (χ4v) is 14.7. The van der Waals surface area contributed by atoms with Crippen LogP contribution in [0.1, 0.15) is 94.6 Å². The maximum Gasteiger partial charge on any atom is 1.00 e. The minimum atomic E-state index is -4.43. The Kier molecular flexibility index (Phi) is 42.8. The third-order valence-corrected chi connectivity index (χ3v) is 21.2. The van der Waals surface area contributed by atoms with Gasteiger partial charge in [-0.25, -0.2) is 0 Å². The molecule has 18 rings (SSSR count). The van der Waals surface area contributed by atoms with E-state index in [4.69, 9.17) is 53.5 Å². The summed E-state index contributed by atoms with van der Waals surface area (Å²) in [6.45, 7) is 8.81. The van der Waals surface area contributed by atoms with Crippen LogP contribution in [-0.4, -0.2) is 60.2 Å². The summed E-state index contributed by atoms with van der Waals surface area (Å²) in [5.74, 6) is 2.47. The summed E-state index contributed by atoms with van der Waals surface area (Å²) in [6, 6.07) is 59.4. The monoisotopic (exact) mass is 2380 g/mol. The molecule has 142 heavy (non-hydrogen) atoms. The van der Waals surface area contributed by atoms with Crippen LogP contribution in [-0.2, 0) is 55.1 Å². The molecular weight excluding hydrogens is 2320 g/mol. The average molecular weight is 2390 g/mol. The van der Waals surface area contributed by atoms with Crippen LogP contribution in [0.3, 0.4) is 0 Å². The van der Waals surface area contributed by atoms with E-state index >= 15 is 0 Å². The number of rotatable bonds is 15. The summed E-state index contributed by atoms with van der Waals surface area (Å²) < 4.78 is 234. The van der Waals surface area contributed by atoms with E-state index in [-0.39, 0.29) is 95.2 Å². The third-order valence-electron chi connectivity index (χ3n) is 18.8. The molecule has 0 fully saturated rings. The number of oxime groups is 4. The van der Waals surface area contributed by atoms with Crippen LogP contribution < -0.4 is 58.5 Å². The Morgan fingerprint density at radius 1 is 0.394 bits per heavy atom. The first-order valence-corrected chi connectivity index (χ1v) is 46.1. The van der Waals surface area contributed by atoms with Crippen LogP contribution in [0.15, 0.2) is 318 Å². The van der Waals surface area contributed by atoms with E-state index in [1.54, 1.807) is 110 Å². The van der Waals surface area contributed by atoms with Crippen molar-refractivity contribution < 1.29 is 158 Å². The molecule has 15 aromatic rings. The van der Waals surface area contributed by atoms with Gasteiger partial charge in [-0.1, -0.05) is 100 Å². The Hall–Kier alpha value is -11.9. The first kappa shape index (κ1) is 114. The standard InChI is InChI=1S/3C19H12BrF3N2O2.C18H12F3NO.C16H9BrF3NO.C3H6.CHBr2NO.CH3FS.CH2O3.Na/c3*20-18-10-17(27-25-18)15-8-13(9-16-14(15)5-2-6-24-16)26-12-4-1-3-11(7-12)19(21,22)23;1-2-12-9-15(11-17-16(12)7-4-8-22-17)23-14-6-3-5-13(10-14)18(19,20)21;17-14-8-12(9-15-13(14)5-2-6-21-15)22-11-4-1-3-10(7-11)16(18,19)20;1-3-2;2-1(3)4-5;1-3-2;2-1-4-3;/h3*1-9,17H,10H2;2-11H,1H2;1-9H;3H,1H2,2H3;5H;1H3;1,3H;/q;;;;;;;;;+1/p-1/t2*17-;;;;;;;;/m10......../s1. The fourth-order valence-electron chi connectivity index (χ4n) is 13.0. The Morgan fingerprint density at radius 3 is 0.845 bits per heavy atom. The number of nitrogens with zero attached hydrogens (tertiary/aromatic N) is 9. The Morgan fingerprint density at radius 2 is 0.620 bits per heavy atom. The number of fused-ring (bicyclic) bond motifs is 5. The number of hydrogen-bond donors (Lipinski definition) is 1. The predicted octanol–water partition coefficient (Wildman–Crippen LogP) is 29.5. The molecule has 3 aliphatic heterocycles. The van der Waals surface area contributed by atoms with E-state index in [9.17, 15) is 69.7 Å². The number of halogens is 22. The summed E-state index contributed by atoms with van der Waals surface area (Å²) in [4.78, 5) is 49.0. The molecule has 734 valence electrons. The SMILES string of the molecule is C=CC.C=Cc1cc(Oc2cccc(C(F)(F)F)c2)cc2ncccc12.CSF.FC(F)(F)c1cccc(Oc2cc(Br)c3cccnc3c2)c1.FC(F)(F)c1cccc(Oc2cc(C3CC(Br)=NO3)c3cccnc3c2)c1.FC(F)(F)c1cccc(Oc2cc([C@@H]3CC(Br)=NO3)c3cccnc3c2)c1.FC(F)(F)c1cccc(Oc2cc([C@H]3CC(Br)=NO3)c3cccnc3c2)c1.O=CO[O-].ON=C(Br)Br.[Na+]. The quantitative estimate of drug-likeness (QED) is 0.0146. The van der Waals surface area contributed by atoms with Gasteiger partial charge in [-0.05, 0) is 260 Å². The number of hydrogen-bond acceptors (Lipinski definition) is 22. The van der Waals surface area contributed by atoms with E-state index in [1.165, 1.54) is 66.9 Å². The molecule has 0 amide bonds. The molecule has 1 N–H and O–H groups in total. The second-order valence-corrected chi connectivity index (χ2v) is 35.0. The molecule has 3 atom stereocenters. The number of benzene rings is 10. The van der Waals surface area contributed by atoms with E-state index in [2.05, 4.69) is 159 Å². The maximum atomic E-state index is 12.9. The van der Waals surface area contributed by atoms with Crippen LogP contribution in [0, 0.1) is 0 Å². The minimum Gasteiger partial charge on any atom is -0.662 e. The molecule has 0 spiro atoms. The summed E-state index contributed by atoms with van der Waals surface area (Å²) >= 11 is 19.2. The molecule has 0 bridgehead atoms. The van der Waals surface area contributed by atoms with Crippen LogP contribution in [0.5, 0.6) is 57.5 Å². The first-order chi connectivity index (χ1) is 67.1. The Bertz CT molecular complexity index is 6610. The Labute approximate surface area is 874 Å². The van der Waals surface area contributed by atoms with Gasteiger partial charge in [0.05, 0.1) is 55.4 Å². The van der Waals surface area contributed by atoms with Crippen molar-refractivity contribution in [2.45, 2.75) is 75.4 Å². The van der Waals surface area contributed by atoms with Gasteiger partial charge in [0.1, 0.15) is 71.4 Å². The number of allylic oxidation sites excluding steroid dienone is 1. The van der Waals surface area contributed by atoms with Crippen molar-refractivity contribution >= 4 is 192 Å². The van der Waals surface area contributed by atoms with E-state index in [1.807, 2.05) is 61.5 Å².